The van der Waals surface area contributed by atoms with Crippen LogP contribution in [-0.2, 0) is 4.79 Å². The molecule has 0 bridgehead atoms. The number of carbonyl (C=O) groups excluding carboxylic acids is 1. The summed E-state index contributed by atoms with van der Waals surface area (Å²) in [6.07, 6.45) is 0.535. The number of nitrogens with one attached hydrogen (secondary N) is 1. The summed E-state index contributed by atoms with van der Waals surface area (Å²) in [6, 6.07) is 3.26. The first-order chi connectivity index (χ1) is 8.40. The van der Waals surface area contributed by atoms with Crippen molar-refractivity contribution in [3.63, 3.8) is 0 Å². The lowest BCUT2D eigenvalue weighted by Gasteiger charge is -2.14. The highest BCUT2D eigenvalue weighted by molar-refractivity contribution is 5.91. The minimum Gasteiger partial charge on any atom is -0.481 e. The van der Waals surface area contributed by atoms with Gasteiger partial charge in [0.2, 0.25) is 0 Å². The molecule has 0 aliphatic carbocycles. The lowest BCUT2D eigenvalue weighted by atomic mass is 9.97. The molecule has 0 aromatic carbocycles. The Hall–Kier alpha value is -1.78. The van der Waals surface area contributed by atoms with Crippen LogP contribution in [0.4, 0.5) is 0 Å². The van der Waals surface area contributed by atoms with Gasteiger partial charge in [-0.15, -0.1) is 0 Å². The summed E-state index contributed by atoms with van der Waals surface area (Å²) in [7, 11) is 0. The summed E-state index contributed by atoms with van der Waals surface area (Å²) < 4.78 is 5.16. The van der Waals surface area contributed by atoms with E-state index in [0.717, 1.165) is 0 Å². The van der Waals surface area contributed by atoms with Gasteiger partial charge in [0.1, 0.15) is 5.76 Å². The zero-order valence-electron chi connectivity index (χ0n) is 10.9. The highest BCUT2D eigenvalue weighted by Gasteiger charge is 2.20. The first-order valence-electron chi connectivity index (χ1n) is 5.97. The van der Waals surface area contributed by atoms with E-state index in [2.05, 4.69) is 5.32 Å². The minimum absolute atomic E-state index is 0.117. The van der Waals surface area contributed by atoms with Gasteiger partial charge in [-0.3, -0.25) is 9.59 Å². The number of carboxylic acids is 1. The molecule has 1 unspecified atom stereocenters. The number of hydrogen-bond acceptors (Lipinski definition) is 3. The molecule has 18 heavy (non-hydrogen) atoms. The molecule has 1 amide bonds. The summed E-state index contributed by atoms with van der Waals surface area (Å²) >= 11 is 0. The SMILES string of the molecule is Cc1ccc(C(=O)NCC(CC(C)C)C(=O)O)o1. The van der Waals surface area contributed by atoms with Gasteiger partial charge in [0, 0.05) is 6.54 Å². The van der Waals surface area contributed by atoms with E-state index in [4.69, 9.17) is 9.52 Å². The molecule has 1 rings (SSSR count). The van der Waals surface area contributed by atoms with Crippen LogP contribution in [-0.4, -0.2) is 23.5 Å². The maximum atomic E-state index is 11.7. The fourth-order valence-corrected chi connectivity index (χ4v) is 1.70. The average molecular weight is 253 g/mol. The quantitative estimate of drug-likeness (QED) is 0.813. The molecule has 1 aromatic rings. The number of carboxylic acid groups (broad SMARTS) is 1. The molecular weight excluding hydrogens is 234 g/mol. The Labute approximate surface area is 106 Å². The summed E-state index contributed by atoms with van der Waals surface area (Å²) in [5.74, 6) is -0.699. The molecule has 100 valence electrons. The molecule has 0 aliphatic heterocycles. The first-order valence-corrected chi connectivity index (χ1v) is 5.97. The standard InChI is InChI=1S/C13H19NO4/c1-8(2)6-10(13(16)17)7-14-12(15)11-5-4-9(3)18-11/h4-5,8,10H,6-7H2,1-3H3,(H,14,15)(H,16,17). The van der Waals surface area contributed by atoms with Crippen LogP contribution < -0.4 is 5.32 Å². The van der Waals surface area contributed by atoms with Gasteiger partial charge in [-0.2, -0.15) is 0 Å². The predicted octanol–water partition coefficient (Wildman–Crippen LogP) is 2.06. The van der Waals surface area contributed by atoms with Gasteiger partial charge in [0.05, 0.1) is 5.92 Å². The van der Waals surface area contributed by atoms with Crippen LogP contribution in [0.1, 0.15) is 36.6 Å². The van der Waals surface area contributed by atoms with E-state index in [1.807, 2.05) is 13.8 Å². The Morgan fingerprint density at radius 3 is 2.50 bits per heavy atom. The van der Waals surface area contributed by atoms with E-state index in [9.17, 15) is 9.59 Å². The van der Waals surface area contributed by atoms with Crippen molar-refractivity contribution in [2.45, 2.75) is 27.2 Å². The second kappa shape index (κ2) is 6.23. The van der Waals surface area contributed by atoms with Crippen LogP contribution in [0, 0.1) is 18.8 Å². The van der Waals surface area contributed by atoms with Crippen molar-refractivity contribution in [3.8, 4) is 0 Å². The van der Waals surface area contributed by atoms with Gasteiger partial charge in [-0.25, -0.2) is 0 Å². The highest BCUT2D eigenvalue weighted by Crippen LogP contribution is 2.12. The Balaban J connectivity index is 2.52. The molecule has 0 fully saturated rings. The van der Waals surface area contributed by atoms with Gasteiger partial charge in [0.25, 0.3) is 5.91 Å². The largest absolute Gasteiger partial charge is 0.481 e. The third-order valence-electron chi connectivity index (χ3n) is 2.58. The summed E-state index contributed by atoms with van der Waals surface area (Å²) in [6.45, 7) is 5.77. The van der Waals surface area contributed by atoms with Gasteiger partial charge in [0.15, 0.2) is 5.76 Å². The van der Waals surface area contributed by atoms with E-state index in [0.29, 0.717) is 12.2 Å². The zero-order chi connectivity index (χ0) is 13.7. The van der Waals surface area contributed by atoms with Crippen molar-refractivity contribution >= 4 is 11.9 Å². The second-order valence-electron chi connectivity index (χ2n) is 4.79. The molecule has 0 spiro atoms. The Morgan fingerprint density at radius 1 is 1.39 bits per heavy atom. The van der Waals surface area contributed by atoms with Crippen molar-refractivity contribution in [1.29, 1.82) is 0 Å². The number of aryl methyl sites for hydroxylation is 1. The van der Waals surface area contributed by atoms with E-state index in [1.54, 1.807) is 19.1 Å². The lowest BCUT2D eigenvalue weighted by Crippen LogP contribution is -2.33. The maximum Gasteiger partial charge on any atom is 0.308 e. The molecule has 5 nitrogen and oxygen atoms in total. The third kappa shape index (κ3) is 4.24. The molecule has 1 aromatic heterocycles. The molecule has 0 aliphatic rings. The number of carbonyl (C=O) groups is 2. The lowest BCUT2D eigenvalue weighted by molar-refractivity contribution is -0.142. The van der Waals surface area contributed by atoms with Crippen LogP contribution in [0.15, 0.2) is 16.5 Å². The first kappa shape index (κ1) is 14.3. The van der Waals surface area contributed by atoms with E-state index in [-0.39, 0.29) is 24.1 Å². The molecular formula is C13H19NO4. The van der Waals surface area contributed by atoms with Crippen LogP contribution >= 0.6 is 0 Å². The number of furan rings is 1. The molecule has 1 heterocycles. The Bertz CT molecular complexity index is 422. The van der Waals surface area contributed by atoms with Gasteiger partial charge < -0.3 is 14.8 Å². The average Bonchev–Trinajstić information content (AvgIpc) is 2.69. The summed E-state index contributed by atoms with van der Waals surface area (Å²) in [5, 5.41) is 11.6. The van der Waals surface area contributed by atoms with Gasteiger partial charge >= 0.3 is 5.97 Å². The Morgan fingerprint density at radius 2 is 2.06 bits per heavy atom. The van der Waals surface area contributed by atoms with Crippen molar-refractivity contribution in [1.82, 2.24) is 5.32 Å². The van der Waals surface area contributed by atoms with Gasteiger partial charge in [-0.1, -0.05) is 13.8 Å². The normalized spacial score (nSPS) is 12.4. The Kier molecular flexibility index (Phi) is 4.95. The number of hydrogen-bond donors (Lipinski definition) is 2. The maximum absolute atomic E-state index is 11.7. The molecule has 2 N–H and O–H groups in total. The van der Waals surface area contributed by atoms with Crippen molar-refractivity contribution in [3.05, 3.63) is 23.7 Å². The monoisotopic (exact) mass is 253 g/mol. The highest BCUT2D eigenvalue weighted by atomic mass is 16.4. The zero-order valence-corrected chi connectivity index (χ0v) is 10.9. The topological polar surface area (TPSA) is 79.5 Å². The molecule has 5 heteroatoms. The second-order valence-corrected chi connectivity index (χ2v) is 4.79. The fraction of sp³-hybridized carbons (Fsp3) is 0.538. The predicted molar refractivity (Wildman–Crippen MR) is 66.4 cm³/mol. The summed E-state index contributed by atoms with van der Waals surface area (Å²) in [5.41, 5.74) is 0. The van der Waals surface area contributed by atoms with Gasteiger partial charge in [-0.05, 0) is 31.4 Å². The van der Waals surface area contributed by atoms with Crippen LogP contribution in [0.5, 0.6) is 0 Å². The number of amides is 1. The minimum atomic E-state index is -0.889. The van der Waals surface area contributed by atoms with Crippen LogP contribution in [0.2, 0.25) is 0 Å². The van der Waals surface area contributed by atoms with Crippen molar-refractivity contribution < 1.29 is 19.1 Å². The van der Waals surface area contributed by atoms with E-state index < -0.39 is 11.9 Å². The number of aliphatic carboxylic acids is 1. The smallest absolute Gasteiger partial charge is 0.308 e. The van der Waals surface area contributed by atoms with Crippen molar-refractivity contribution in [2.75, 3.05) is 6.54 Å². The number of rotatable bonds is 6. The molecule has 0 radical (unpaired) electrons. The third-order valence-corrected chi connectivity index (χ3v) is 2.58. The fourth-order valence-electron chi connectivity index (χ4n) is 1.70. The van der Waals surface area contributed by atoms with Crippen LogP contribution in [0.25, 0.3) is 0 Å². The van der Waals surface area contributed by atoms with E-state index >= 15 is 0 Å². The molecule has 1 atom stereocenters. The van der Waals surface area contributed by atoms with Crippen LogP contribution in [0.3, 0.4) is 0 Å². The molecule has 0 saturated heterocycles. The summed E-state index contributed by atoms with van der Waals surface area (Å²) in [4.78, 5) is 22.7. The van der Waals surface area contributed by atoms with Crippen molar-refractivity contribution in [2.24, 2.45) is 11.8 Å². The molecule has 0 saturated carbocycles. The van der Waals surface area contributed by atoms with E-state index in [1.165, 1.54) is 0 Å².